The van der Waals surface area contributed by atoms with Crippen molar-refractivity contribution in [2.75, 3.05) is 26.9 Å². The Bertz CT molecular complexity index is 1040. The molecule has 3 aromatic rings. The standard InChI is InChI=1S/C25H25NO4S/c1-29-19-10-8-18(9-11-19)25(12-14-30-15-13-25)17-26-24(28)21-6-3-2-5-20(21)23(27)22-7-4-16-31-22/h2-11,16H,12-15,17H2,1H3,(H,26,28). The molecule has 4 rings (SSSR count). The van der Waals surface area contributed by atoms with Crippen LogP contribution in [0.1, 0.15) is 44.0 Å². The Morgan fingerprint density at radius 1 is 1.00 bits per heavy atom. The molecule has 0 aliphatic carbocycles. The fourth-order valence-corrected chi connectivity index (χ4v) is 4.72. The van der Waals surface area contributed by atoms with E-state index in [0.717, 1.165) is 24.2 Å². The van der Waals surface area contributed by atoms with E-state index >= 15 is 0 Å². The molecule has 1 saturated heterocycles. The first kappa shape index (κ1) is 21.3. The Morgan fingerprint density at radius 2 is 1.71 bits per heavy atom. The molecule has 1 N–H and O–H groups in total. The van der Waals surface area contributed by atoms with Crippen molar-refractivity contribution < 1.29 is 19.1 Å². The molecule has 1 aliphatic rings. The molecular formula is C25H25NO4S. The van der Waals surface area contributed by atoms with Crippen LogP contribution in [-0.4, -0.2) is 38.6 Å². The first-order chi connectivity index (χ1) is 15.1. The molecule has 5 nitrogen and oxygen atoms in total. The smallest absolute Gasteiger partial charge is 0.252 e. The molecule has 31 heavy (non-hydrogen) atoms. The molecule has 1 fully saturated rings. The molecule has 1 aliphatic heterocycles. The summed E-state index contributed by atoms with van der Waals surface area (Å²) < 4.78 is 10.9. The summed E-state index contributed by atoms with van der Waals surface area (Å²) in [7, 11) is 1.65. The summed E-state index contributed by atoms with van der Waals surface area (Å²) in [5.74, 6) is 0.438. The molecule has 0 saturated carbocycles. The Balaban J connectivity index is 1.56. The molecule has 1 amide bonds. The Labute approximate surface area is 186 Å². The third-order valence-electron chi connectivity index (χ3n) is 5.90. The number of methoxy groups -OCH3 is 1. The van der Waals surface area contributed by atoms with Gasteiger partial charge in [0.25, 0.3) is 5.91 Å². The van der Waals surface area contributed by atoms with Crippen LogP contribution in [0.3, 0.4) is 0 Å². The highest BCUT2D eigenvalue weighted by atomic mass is 32.1. The fraction of sp³-hybridized carbons (Fsp3) is 0.280. The van der Waals surface area contributed by atoms with Crippen molar-refractivity contribution >= 4 is 23.0 Å². The van der Waals surface area contributed by atoms with Crippen molar-refractivity contribution in [3.8, 4) is 5.75 Å². The van der Waals surface area contributed by atoms with E-state index in [9.17, 15) is 9.59 Å². The van der Waals surface area contributed by atoms with E-state index in [1.807, 2.05) is 23.6 Å². The lowest BCUT2D eigenvalue weighted by molar-refractivity contribution is 0.0487. The number of nitrogens with one attached hydrogen (secondary N) is 1. The van der Waals surface area contributed by atoms with Crippen molar-refractivity contribution in [2.24, 2.45) is 0 Å². The van der Waals surface area contributed by atoms with Gasteiger partial charge in [0.05, 0.1) is 17.6 Å². The van der Waals surface area contributed by atoms with Gasteiger partial charge in [-0.3, -0.25) is 9.59 Å². The van der Waals surface area contributed by atoms with Gasteiger partial charge < -0.3 is 14.8 Å². The highest BCUT2D eigenvalue weighted by Gasteiger charge is 2.35. The number of ketones is 1. The van der Waals surface area contributed by atoms with E-state index in [2.05, 4.69) is 17.4 Å². The predicted molar refractivity (Wildman–Crippen MR) is 121 cm³/mol. The van der Waals surface area contributed by atoms with Gasteiger partial charge in [-0.05, 0) is 48.1 Å². The second-order valence-corrected chi connectivity index (χ2v) is 8.60. The van der Waals surface area contributed by atoms with Gasteiger partial charge in [0, 0.05) is 30.7 Å². The zero-order chi connectivity index (χ0) is 21.7. The topological polar surface area (TPSA) is 64.6 Å². The summed E-state index contributed by atoms with van der Waals surface area (Å²) >= 11 is 1.38. The number of amides is 1. The van der Waals surface area contributed by atoms with Crippen LogP contribution in [0.4, 0.5) is 0 Å². The van der Waals surface area contributed by atoms with Gasteiger partial charge in [-0.2, -0.15) is 0 Å². The number of benzene rings is 2. The van der Waals surface area contributed by atoms with E-state index < -0.39 is 0 Å². The third-order valence-corrected chi connectivity index (χ3v) is 6.77. The molecule has 0 bridgehead atoms. The van der Waals surface area contributed by atoms with Gasteiger partial charge in [0.2, 0.25) is 5.78 Å². The van der Waals surface area contributed by atoms with Crippen LogP contribution in [0.2, 0.25) is 0 Å². The molecule has 1 aromatic heterocycles. The van der Waals surface area contributed by atoms with Crippen LogP contribution in [0.5, 0.6) is 5.75 Å². The lowest BCUT2D eigenvalue weighted by Crippen LogP contribution is -2.44. The van der Waals surface area contributed by atoms with Crippen molar-refractivity contribution in [1.29, 1.82) is 0 Å². The summed E-state index contributed by atoms with van der Waals surface area (Å²) in [5, 5.41) is 4.96. The number of carbonyl (C=O) groups excluding carboxylic acids is 2. The zero-order valence-corrected chi connectivity index (χ0v) is 18.2. The predicted octanol–water partition coefficient (Wildman–Crippen LogP) is 4.47. The minimum absolute atomic E-state index is 0.128. The van der Waals surface area contributed by atoms with Gasteiger partial charge in [0.1, 0.15) is 5.75 Å². The van der Waals surface area contributed by atoms with E-state index in [1.54, 1.807) is 37.4 Å². The third kappa shape index (κ3) is 4.55. The van der Waals surface area contributed by atoms with Gasteiger partial charge in [0.15, 0.2) is 0 Å². The minimum atomic E-state index is -0.236. The van der Waals surface area contributed by atoms with E-state index in [0.29, 0.717) is 35.8 Å². The van der Waals surface area contributed by atoms with Gasteiger partial charge >= 0.3 is 0 Å². The first-order valence-corrected chi connectivity index (χ1v) is 11.2. The molecule has 0 radical (unpaired) electrons. The summed E-state index contributed by atoms with van der Waals surface area (Å²) in [6.07, 6.45) is 1.63. The maximum Gasteiger partial charge on any atom is 0.252 e. The maximum atomic E-state index is 13.1. The molecule has 2 aromatic carbocycles. The number of thiophene rings is 1. The highest BCUT2D eigenvalue weighted by molar-refractivity contribution is 7.12. The van der Waals surface area contributed by atoms with E-state index in [1.165, 1.54) is 11.3 Å². The lowest BCUT2D eigenvalue weighted by atomic mass is 9.74. The largest absolute Gasteiger partial charge is 0.497 e. The molecule has 160 valence electrons. The summed E-state index contributed by atoms with van der Waals surface area (Å²) in [6.45, 7) is 1.77. The summed E-state index contributed by atoms with van der Waals surface area (Å²) in [4.78, 5) is 26.7. The Hall–Kier alpha value is -2.96. The normalized spacial score (nSPS) is 15.3. The van der Waals surface area contributed by atoms with Crippen molar-refractivity contribution in [2.45, 2.75) is 18.3 Å². The maximum absolute atomic E-state index is 13.1. The van der Waals surface area contributed by atoms with Gasteiger partial charge in [-0.15, -0.1) is 11.3 Å². The lowest BCUT2D eigenvalue weighted by Gasteiger charge is -2.38. The number of rotatable bonds is 7. The van der Waals surface area contributed by atoms with Crippen molar-refractivity contribution in [3.63, 3.8) is 0 Å². The highest BCUT2D eigenvalue weighted by Crippen LogP contribution is 2.35. The fourth-order valence-electron chi connectivity index (χ4n) is 4.04. The number of carbonyl (C=O) groups is 2. The van der Waals surface area contributed by atoms with Crippen LogP contribution in [0.25, 0.3) is 0 Å². The molecular weight excluding hydrogens is 410 g/mol. The van der Waals surface area contributed by atoms with Gasteiger partial charge in [-0.1, -0.05) is 36.4 Å². The van der Waals surface area contributed by atoms with Crippen LogP contribution < -0.4 is 10.1 Å². The minimum Gasteiger partial charge on any atom is -0.497 e. The monoisotopic (exact) mass is 435 g/mol. The SMILES string of the molecule is COc1ccc(C2(CNC(=O)c3ccccc3C(=O)c3cccs3)CCOCC2)cc1. The van der Waals surface area contributed by atoms with E-state index in [4.69, 9.17) is 9.47 Å². The number of ether oxygens (including phenoxy) is 2. The quantitative estimate of drug-likeness (QED) is 0.557. The molecule has 0 atom stereocenters. The first-order valence-electron chi connectivity index (χ1n) is 10.3. The molecule has 6 heteroatoms. The van der Waals surface area contributed by atoms with Gasteiger partial charge in [-0.25, -0.2) is 0 Å². The van der Waals surface area contributed by atoms with Crippen LogP contribution in [-0.2, 0) is 10.2 Å². The van der Waals surface area contributed by atoms with Crippen molar-refractivity contribution in [1.82, 2.24) is 5.32 Å². The average molecular weight is 436 g/mol. The number of hydrogen-bond donors (Lipinski definition) is 1. The Morgan fingerprint density at radius 3 is 2.35 bits per heavy atom. The second kappa shape index (κ2) is 9.45. The molecule has 0 unspecified atom stereocenters. The Kier molecular flexibility index (Phi) is 6.49. The van der Waals surface area contributed by atoms with E-state index in [-0.39, 0.29) is 17.1 Å². The average Bonchev–Trinajstić information content (AvgIpc) is 3.38. The van der Waals surface area contributed by atoms with Crippen LogP contribution in [0.15, 0.2) is 66.0 Å². The summed E-state index contributed by atoms with van der Waals surface area (Å²) in [6, 6.07) is 18.6. The molecule has 0 spiro atoms. The van der Waals surface area contributed by atoms with Crippen LogP contribution in [0, 0.1) is 0 Å². The zero-order valence-electron chi connectivity index (χ0n) is 17.4. The van der Waals surface area contributed by atoms with Crippen LogP contribution >= 0.6 is 11.3 Å². The van der Waals surface area contributed by atoms with Crippen molar-refractivity contribution in [3.05, 3.63) is 87.6 Å². The second-order valence-electron chi connectivity index (χ2n) is 7.66. The molecule has 2 heterocycles. The number of hydrogen-bond acceptors (Lipinski definition) is 5. The summed E-state index contributed by atoms with van der Waals surface area (Å²) in [5.41, 5.74) is 1.76.